The number of nitrogens with zero attached hydrogens (tertiary/aromatic N) is 5. The molecule has 0 unspecified atom stereocenters. The highest BCUT2D eigenvalue weighted by Gasteiger charge is 2.22. The van der Waals surface area contributed by atoms with Crippen LogP contribution in [0.25, 0.3) is 22.3 Å². The molecule has 2 aromatic heterocycles. The second-order valence-electron chi connectivity index (χ2n) is 7.57. The number of benzene rings is 2. The van der Waals surface area contributed by atoms with Gasteiger partial charge in [-0.3, -0.25) is 9.10 Å². The van der Waals surface area contributed by atoms with Crippen LogP contribution in [-0.4, -0.2) is 45.7 Å². The Kier molecular flexibility index (Phi) is 6.70. The normalized spacial score (nSPS) is 11.2. The lowest BCUT2D eigenvalue weighted by molar-refractivity contribution is -0.111. The first-order valence-electron chi connectivity index (χ1n) is 10.7. The molecule has 4 N–H and O–H groups in total. The maximum absolute atomic E-state index is 12.7. The number of carbonyl (C=O) groups is 1. The molecule has 4 aromatic rings. The SMILES string of the molecule is C=CC(=O)Nc1ccc(-c2nn(CCN(c3ccccc3)S(=O)(=O)C=C)c3ncnc(N)c23)cc1O. The number of para-hydroxylation sites is 1. The second-order valence-corrected chi connectivity index (χ2v) is 9.38. The third-order valence-corrected chi connectivity index (χ3v) is 6.78. The molecule has 12 heteroatoms. The van der Waals surface area contributed by atoms with Crippen LogP contribution in [0, 0.1) is 0 Å². The Morgan fingerprint density at radius 1 is 1.17 bits per heavy atom. The number of sulfonamides is 1. The highest BCUT2D eigenvalue weighted by atomic mass is 32.2. The minimum absolute atomic E-state index is 0.0380. The lowest BCUT2D eigenvalue weighted by Crippen LogP contribution is -2.32. The summed E-state index contributed by atoms with van der Waals surface area (Å²) in [5, 5.41) is 18.9. The molecule has 1 amide bonds. The van der Waals surface area contributed by atoms with Gasteiger partial charge in [-0.15, -0.1) is 0 Å². The number of aromatic nitrogens is 4. The zero-order valence-corrected chi connectivity index (χ0v) is 19.9. The molecular weight excluding hydrogens is 482 g/mol. The van der Waals surface area contributed by atoms with Gasteiger partial charge in [-0.2, -0.15) is 5.10 Å². The van der Waals surface area contributed by atoms with Crippen molar-refractivity contribution < 1.29 is 18.3 Å². The summed E-state index contributed by atoms with van der Waals surface area (Å²) in [6.07, 6.45) is 2.38. The van der Waals surface area contributed by atoms with E-state index < -0.39 is 15.9 Å². The number of phenols is 1. The van der Waals surface area contributed by atoms with Gasteiger partial charge in [0.15, 0.2) is 5.65 Å². The van der Waals surface area contributed by atoms with Crippen molar-refractivity contribution in [1.29, 1.82) is 0 Å². The number of hydrogen-bond donors (Lipinski definition) is 3. The van der Waals surface area contributed by atoms with E-state index in [1.165, 1.54) is 27.4 Å². The van der Waals surface area contributed by atoms with Crippen LogP contribution < -0.4 is 15.4 Å². The Labute approximate surface area is 207 Å². The van der Waals surface area contributed by atoms with Crippen molar-refractivity contribution in [3.05, 3.63) is 79.5 Å². The Hall–Kier alpha value is -4.71. The van der Waals surface area contributed by atoms with Crippen molar-refractivity contribution in [3.63, 3.8) is 0 Å². The largest absolute Gasteiger partial charge is 0.506 e. The number of fused-ring (bicyclic) bond motifs is 1. The molecule has 0 radical (unpaired) electrons. The Bertz CT molecular complexity index is 1570. The summed E-state index contributed by atoms with van der Waals surface area (Å²) >= 11 is 0. The van der Waals surface area contributed by atoms with E-state index in [2.05, 4.69) is 33.5 Å². The fourth-order valence-corrected chi connectivity index (χ4v) is 4.56. The minimum Gasteiger partial charge on any atom is -0.506 e. The molecule has 0 aliphatic carbocycles. The average molecular weight is 506 g/mol. The predicted octanol–water partition coefficient (Wildman–Crippen LogP) is 2.89. The van der Waals surface area contributed by atoms with Crippen molar-refractivity contribution in [2.75, 3.05) is 21.9 Å². The molecule has 0 aliphatic rings. The monoisotopic (exact) mass is 505 g/mol. The molecule has 0 saturated heterocycles. The molecule has 184 valence electrons. The quantitative estimate of drug-likeness (QED) is 0.232. The first-order valence-corrected chi connectivity index (χ1v) is 12.2. The molecule has 2 aromatic carbocycles. The molecule has 0 bridgehead atoms. The van der Waals surface area contributed by atoms with Gasteiger partial charge in [0.25, 0.3) is 10.0 Å². The van der Waals surface area contributed by atoms with Crippen molar-refractivity contribution in [2.24, 2.45) is 0 Å². The first-order chi connectivity index (χ1) is 17.2. The molecule has 0 saturated carbocycles. The van der Waals surface area contributed by atoms with Crippen molar-refractivity contribution in [1.82, 2.24) is 19.7 Å². The van der Waals surface area contributed by atoms with Gasteiger partial charge in [0.05, 0.1) is 29.9 Å². The van der Waals surface area contributed by atoms with Gasteiger partial charge >= 0.3 is 0 Å². The van der Waals surface area contributed by atoms with E-state index in [0.717, 1.165) is 11.5 Å². The lowest BCUT2D eigenvalue weighted by Gasteiger charge is -2.22. The van der Waals surface area contributed by atoms with Gasteiger partial charge in [0.2, 0.25) is 5.91 Å². The van der Waals surface area contributed by atoms with Crippen molar-refractivity contribution >= 4 is 44.2 Å². The number of rotatable bonds is 9. The third kappa shape index (κ3) is 4.74. The predicted molar refractivity (Wildman–Crippen MR) is 139 cm³/mol. The zero-order valence-electron chi connectivity index (χ0n) is 19.1. The molecule has 4 rings (SSSR count). The maximum Gasteiger partial charge on any atom is 0.256 e. The third-order valence-electron chi connectivity index (χ3n) is 5.35. The highest BCUT2D eigenvalue weighted by Crippen LogP contribution is 2.34. The van der Waals surface area contributed by atoms with E-state index in [4.69, 9.17) is 5.73 Å². The number of hydrogen-bond acceptors (Lipinski definition) is 8. The Morgan fingerprint density at radius 3 is 2.58 bits per heavy atom. The number of aromatic hydroxyl groups is 1. The summed E-state index contributed by atoms with van der Waals surface area (Å²) in [5.74, 6) is -0.487. The molecule has 2 heterocycles. The second kappa shape index (κ2) is 9.88. The molecule has 0 spiro atoms. The number of carbonyl (C=O) groups excluding carboxylic acids is 1. The summed E-state index contributed by atoms with van der Waals surface area (Å²) < 4.78 is 28.2. The number of nitrogens with one attached hydrogen (secondary N) is 1. The zero-order chi connectivity index (χ0) is 25.9. The van der Waals surface area contributed by atoms with E-state index >= 15 is 0 Å². The van der Waals surface area contributed by atoms with Crippen LogP contribution in [0.3, 0.4) is 0 Å². The van der Waals surface area contributed by atoms with Crippen LogP contribution in [0.5, 0.6) is 5.75 Å². The summed E-state index contributed by atoms with van der Waals surface area (Å²) in [5.41, 5.74) is 8.09. The van der Waals surface area contributed by atoms with Crippen LogP contribution in [-0.2, 0) is 21.4 Å². The van der Waals surface area contributed by atoms with Gasteiger partial charge in [-0.05, 0) is 30.3 Å². The van der Waals surface area contributed by atoms with Crippen LogP contribution in [0.2, 0.25) is 0 Å². The van der Waals surface area contributed by atoms with Crippen LogP contribution in [0.1, 0.15) is 0 Å². The number of amides is 1. The maximum atomic E-state index is 12.7. The number of nitrogen functional groups attached to an aromatic ring is 1. The average Bonchev–Trinajstić information content (AvgIpc) is 3.25. The number of anilines is 3. The first kappa shape index (κ1) is 24.4. The minimum atomic E-state index is -3.79. The molecular formula is C24H23N7O4S. The van der Waals surface area contributed by atoms with Gasteiger partial charge in [0, 0.05) is 11.0 Å². The Morgan fingerprint density at radius 2 is 1.92 bits per heavy atom. The molecule has 36 heavy (non-hydrogen) atoms. The lowest BCUT2D eigenvalue weighted by atomic mass is 10.1. The number of phenolic OH excluding ortho intramolecular Hbond substituents is 1. The van der Waals surface area contributed by atoms with E-state index in [1.54, 1.807) is 36.4 Å². The van der Waals surface area contributed by atoms with Crippen LogP contribution in [0.4, 0.5) is 17.2 Å². The van der Waals surface area contributed by atoms with Gasteiger partial charge in [0.1, 0.15) is 23.6 Å². The summed E-state index contributed by atoms with van der Waals surface area (Å²) in [7, 11) is -3.79. The topological polar surface area (TPSA) is 156 Å². The van der Waals surface area contributed by atoms with Gasteiger partial charge in [-0.25, -0.2) is 23.1 Å². The fraction of sp³-hybridized carbons (Fsp3) is 0.0833. The summed E-state index contributed by atoms with van der Waals surface area (Å²) in [4.78, 5) is 19.9. The van der Waals surface area contributed by atoms with Crippen LogP contribution >= 0.6 is 0 Å². The number of nitrogens with two attached hydrogens (primary N) is 1. The van der Waals surface area contributed by atoms with E-state index in [0.29, 0.717) is 28.0 Å². The fourth-order valence-electron chi connectivity index (χ4n) is 3.63. The van der Waals surface area contributed by atoms with Crippen molar-refractivity contribution in [2.45, 2.75) is 6.54 Å². The van der Waals surface area contributed by atoms with E-state index in [1.807, 2.05) is 0 Å². The highest BCUT2D eigenvalue weighted by molar-refractivity contribution is 7.95. The standard InChI is InChI=1S/C24H23N7O4S/c1-3-20(33)28-18-11-10-16(14-19(18)32)22-21-23(25)26-15-27-24(21)30(29-22)12-13-31(36(34,35)4-2)17-8-6-5-7-9-17/h3-11,14-15,32H,1-2,12-13H2,(H,28,33)(H2,25,26,27). The molecule has 11 nitrogen and oxygen atoms in total. The van der Waals surface area contributed by atoms with Gasteiger partial charge in [-0.1, -0.05) is 37.4 Å². The van der Waals surface area contributed by atoms with Crippen molar-refractivity contribution in [3.8, 4) is 17.0 Å². The summed E-state index contributed by atoms with van der Waals surface area (Å²) in [6, 6.07) is 13.2. The molecule has 0 atom stereocenters. The Balaban J connectivity index is 1.74. The van der Waals surface area contributed by atoms with Gasteiger partial charge < -0.3 is 16.2 Å². The molecule has 0 fully saturated rings. The summed E-state index contributed by atoms with van der Waals surface area (Å²) in [6.45, 7) is 6.99. The molecule has 0 aliphatic heterocycles. The van der Waals surface area contributed by atoms with E-state index in [-0.39, 0.29) is 30.3 Å². The van der Waals surface area contributed by atoms with E-state index in [9.17, 15) is 18.3 Å². The smallest absolute Gasteiger partial charge is 0.256 e. The van der Waals surface area contributed by atoms with Crippen LogP contribution in [0.15, 0.2) is 79.5 Å².